The average Bonchev–Trinajstić information content (AvgIpc) is 3.29. The van der Waals surface area contributed by atoms with E-state index in [1.54, 1.807) is 4.57 Å². The minimum atomic E-state index is -3.96. The van der Waals surface area contributed by atoms with Crippen molar-refractivity contribution in [2.45, 2.75) is 30.8 Å². The van der Waals surface area contributed by atoms with E-state index in [1.807, 2.05) is 61.5 Å². The van der Waals surface area contributed by atoms with Crippen molar-refractivity contribution in [1.82, 2.24) is 19.5 Å². The van der Waals surface area contributed by atoms with Gasteiger partial charge in [0, 0.05) is 6.54 Å². The number of hydrogen-bond donors (Lipinski definition) is 1. The van der Waals surface area contributed by atoms with Crippen molar-refractivity contribution >= 4 is 33.2 Å². The first kappa shape index (κ1) is 25.2. The van der Waals surface area contributed by atoms with Crippen molar-refractivity contribution in [2.24, 2.45) is 0 Å². The number of benzene rings is 3. The molecule has 0 radical (unpaired) electrons. The second-order valence-corrected chi connectivity index (χ2v) is 10.3. The minimum absolute atomic E-state index is 0.00542. The standard InChI is InChI=1S/C25H24Cl2N4O3S/c1-3-31-24(28-29-25(31)34-2)23(30-35(32,33)20-13-14-21(26)22(27)16-20)15-17-9-11-19(12-10-17)18-7-5-4-6-8-18/h4-14,16,23,30H,3,15H2,1-2H3/t23-/m1/s1. The van der Waals surface area contributed by atoms with Gasteiger partial charge in [0.05, 0.1) is 28.1 Å². The van der Waals surface area contributed by atoms with Crippen LogP contribution in [0.15, 0.2) is 77.7 Å². The molecule has 1 N–H and O–H groups in total. The summed E-state index contributed by atoms with van der Waals surface area (Å²) in [7, 11) is -2.46. The van der Waals surface area contributed by atoms with Crippen LogP contribution in [0, 0.1) is 0 Å². The van der Waals surface area contributed by atoms with Gasteiger partial charge < -0.3 is 4.74 Å². The quantitative estimate of drug-likeness (QED) is 0.307. The fourth-order valence-electron chi connectivity index (χ4n) is 3.79. The van der Waals surface area contributed by atoms with Crippen LogP contribution in [0.2, 0.25) is 10.0 Å². The van der Waals surface area contributed by atoms with Crippen molar-refractivity contribution in [3.63, 3.8) is 0 Å². The molecule has 35 heavy (non-hydrogen) atoms. The van der Waals surface area contributed by atoms with Gasteiger partial charge in [0.25, 0.3) is 0 Å². The molecule has 0 aliphatic carbocycles. The molecule has 0 bridgehead atoms. The Bertz CT molecular complexity index is 1410. The average molecular weight is 531 g/mol. The number of ether oxygens (including phenoxy) is 1. The monoisotopic (exact) mass is 530 g/mol. The van der Waals surface area contributed by atoms with Crippen LogP contribution in [0.4, 0.5) is 0 Å². The molecule has 10 heteroatoms. The Labute approximate surface area is 214 Å². The summed E-state index contributed by atoms with van der Waals surface area (Å²) in [6, 6.07) is 21.8. The van der Waals surface area contributed by atoms with Crippen molar-refractivity contribution in [3.8, 4) is 17.1 Å². The molecular formula is C25H24Cl2N4O3S. The predicted octanol–water partition coefficient (Wildman–Crippen LogP) is 5.54. The maximum atomic E-state index is 13.3. The molecule has 0 saturated carbocycles. The highest BCUT2D eigenvalue weighted by molar-refractivity contribution is 7.89. The van der Waals surface area contributed by atoms with Gasteiger partial charge in [0.15, 0.2) is 5.82 Å². The zero-order valence-corrected chi connectivity index (χ0v) is 21.5. The summed E-state index contributed by atoms with van der Waals surface area (Å²) in [4.78, 5) is 0.00542. The third-order valence-corrected chi connectivity index (χ3v) is 7.76. The summed E-state index contributed by atoms with van der Waals surface area (Å²) < 4.78 is 36.4. The maximum Gasteiger partial charge on any atom is 0.316 e. The van der Waals surface area contributed by atoms with Crippen LogP contribution in [0.25, 0.3) is 11.1 Å². The van der Waals surface area contributed by atoms with Gasteiger partial charge in [-0.3, -0.25) is 4.57 Å². The van der Waals surface area contributed by atoms with Crippen LogP contribution in [-0.2, 0) is 23.0 Å². The molecule has 0 aliphatic heterocycles. The number of nitrogens with zero attached hydrogens (tertiary/aromatic N) is 3. The van der Waals surface area contributed by atoms with Gasteiger partial charge in [-0.2, -0.15) is 0 Å². The first-order valence-corrected chi connectivity index (χ1v) is 13.1. The molecule has 3 aromatic carbocycles. The largest absolute Gasteiger partial charge is 0.467 e. The smallest absolute Gasteiger partial charge is 0.316 e. The third kappa shape index (κ3) is 5.67. The number of nitrogens with one attached hydrogen (secondary N) is 1. The molecule has 0 amide bonds. The lowest BCUT2D eigenvalue weighted by Gasteiger charge is -2.20. The van der Waals surface area contributed by atoms with Crippen molar-refractivity contribution in [2.75, 3.05) is 7.11 Å². The molecule has 4 aromatic rings. The number of aromatic nitrogens is 3. The zero-order valence-electron chi connectivity index (χ0n) is 19.2. The summed E-state index contributed by atoms with van der Waals surface area (Å²) in [5.41, 5.74) is 3.10. The minimum Gasteiger partial charge on any atom is -0.467 e. The number of sulfonamides is 1. The molecule has 1 aromatic heterocycles. The van der Waals surface area contributed by atoms with E-state index in [-0.39, 0.29) is 14.9 Å². The SMILES string of the molecule is CCn1c(OC)nnc1[C@@H](Cc1ccc(-c2ccccc2)cc1)NS(=O)(=O)c1ccc(Cl)c(Cl)c1. The van der Waals surface area contributed by atoms with Crippen LogP contribution in [0.5, 0.6) is 6.01 Å². The highest BCUT2D eigenvalue weighted by Crippen LogP contribution is 2.28. The summed E-state index contributed by atoms with van der Waals surface area (Å²) in [5, 5.41) is 8.74. The van der Waals surface area contributed by atoms with Crippen molar-refractivity contribution in [1.29, 1.82) is 0 Å². The molecule has 7 nitrogen and oxygen atoms in total. The molecular weight excluding hydrogens is 507 g/mol. The van der Waals surface area contributed by atoms with Crippen LogP contribution < -0.4 is 9.46 Å². The molecule has 0 spiro atoms. The molecule has 0 fully saturated rings. The van der Waals surface area contributed by atoms with E-state index in [9.17, 15) is 8.42 Å². The van der Waals surface area contributed by atoms with Gasteiger partial charge in [0.2, 0.25) is 10.0 Å². The molecule has 4 rings (SSSR count). The van der Waals surface area contributed by atoms with E-state index in [4.69, 9.17) is 27.9 Å². The van der Waals surface area contributed by atoms with E-state index in [2.05, 4.69) is 14.9 Å². The lowest BCUT2D eigenvalue weighted by atomic mass is 10.0. The zero-order chi connectivity index (χ0) is 25.0. The first-order valence-electron chi connectivity index (χ1n) is 10.9. The number of hydrogen-bond acceptors (Lipinski definition) is 5. The van der Waals surface area contributed by atoms with Gasteiger partial charge in [0.1, 0.15) is 0 Å². The Hall–Kier alpha value is -2.91. The van der Waals surface area contributed by atoms with Gasteiger partial charge in [-0.1, -0.05) is 82.9 Å². The van der Waals surface area contributed by atoms with Gasteiger partial charge in [-0.05, 0) is 48.2 Å². The van der Waals surface area contributed by atoms with Gasteiger partial charge in [-0.15, -0.1) is 5.10 Å². The second kappa shape index (κ2) is 10.8. The Balaban J connectivity index is 1.68. The summed E-state index contributed by atoms with van der Waals surface area (Å²) in [6.45, 7) is 2.41. The lowest BCUT2D eigenvalue weighted by molar-refractivity contribution is 0.354. The molecule has 1 atom stereocenters. The lowest BCUT2D eigenvalue weighted by Crippen LogP contribution is -2.32. The first-order chi connectivity index (χ1) is 16.8. The van der Waals surface area contributed by atoms with Crippen LogP contribution >= 0.6 is 23.2 Å². The molecule has 0 saturated heterocycles. The molecule has 0 unspecified atom stereocenters. The Morgan fingerprint density at radius 1 is 0.943 bits per heavy atom. The van der Waals surface area contributed by atoms with E-state index < -0.39 is 16.1 Å². The van der Waals surface area contributed by atoms with Crippen LogP contribution in [-0.4, -0.2) is 30.3 Å². The van der Waals surface area contributed by atoms with Gasteiger partial charge in [-0.25, -0.2) is 13.1 Å². The predicted molar refractivity (Wildman–Crippen MR) is 137 cm³/mol. The molecule has 1 heterocycles. The fourth-order valence-corrected chi connectivity index (χ4v) is 5.37. The van der Waals surface area contributed by atoms with E-state index >= 15 is 0 Å². The number of methoxy groups -OCH3 is 1. The topological polar surface area (TPSA) is 86.1 Å². The highest BCUT2D eigenvalue weighted by atomic mass is 35.5. The Morgan fingerprint density at radius 2 is 1.63 bits per heavy atom. The highest BCUT2D eigenvalue weighted by Gasteiger charge is 2.27. The van der Waals surface area contributed by atoms with E-state index in [1.165, 1.54) is 25.3 Å². The maximum absolute atomic E-state index is 13.3. The van der Waals surface area contributed by atoms with Gasteiger partial charge >= 0.3 is 6.01 Å². The number of rotatable bonds is 9. The van der Waals surface area contributed by atoms with Crippen molar-refractivity contribution in [3.05, 3.63) is 94.2 Å². The van der Waals surface area contributed by atoms with Crippen LogP contribution in [0.1, 0.15) is 24.4 Å². The summed E-state index contributed by atoms with van der Waals surface area (Å²) in [6.07, 6.45) is 0.345. The Kier molecular flexibility index (Phi) is 7.76. The second-order valence-electron chi connectivity index (χ2n) is 7.81. The summed E-state index contributed by atoms with van der Waals surface area (Å²) >= 11 is 12.0. The normalized spacial score (nSPS) is 12.5. The third-order valence-electron chi connectivity index (χ3n) is 5.56. The fraction of sp³-hybridized carbons (Fsp3) is 0.200. The van der Waals surface area contributed by atoms with Crippen molar-refractivity contribution < 1.29 is 13.2 Å². The van der Waals surface area contributed by atoms with E-state index in [0.717, 1.165) is 16.7 Å². The molecule has 182 valence electrons. The van der Waals surface area contributed by atoms with Crippen LogP contribution in [0.3, 0.4) is 0 Å². The summed E-state index contributed by atoms with van der Waals surface area (Å²) in [5.74, 6) is 0.445. The molecule has 0 aliphatic rings. The van der Waals surface area contributed by atoms with E-state index in [0.29, 0.717) is 24.8 Å². The number of halogens is 2. The Morgan fingerprint density at radius 3 is 2.26 bits per heavy atom.